The van der Waals surface area contributed by atoms with Crippen LogP contribution in [0.15, 0.2) is 12.3 Å². The first-order valence-corrected chi connectivity index (χ1v) is 6.87. The fourth-order valence-corrected chi connectivity index (χ4v) is 3.01. The first-order chi connectivity index (χ1) is 8.42. The highest BCUT2D eigenvalue weighted by Gasteiger charge is 2.37. The van der Waals surface area contributed by atoms with Crippen LogP contribution in [0.25, 0.3) is 0 Å². The zero-order valence-corrected chi connectivity index (χ0v) is 11.6. The third kappa shape index (κ3) is 2.51. The molecule has 1 saturated carbocycles. The van der Waals surface area contributed by atoms with Gasteiger partial charge in [-0.2, -0.15) is 0 Å². The second-order valence-corrected chi connectivity index (χ2v) is 6.06. The summed E-state index contributed by atoms with van der Waals surface area (Å²) in [5.41, 5.74) is 7.04. The molecule has 0 aliphatic heterocycles. The van der Waals surface area contributed by atoms with Gasteiger partial charge in [0.05, 0.1) is 5.60 Å². The van der Waals surface area contributed by atoms with Gasteiger partial charge >= 0.3 is 0 Å². The summed E-state index contributed by atoms with van der Waals surface area (Å²) in [6, 6.07) is 1.98. The van der Waals surface area contributed by atoms with Crippen molar-refractivity contribution in [1.29, 1.82) is 0 Å². The highest BCUT2D eigenvalue weighted by Crippen LogP contribution is 2.43. The van der Waals surface area contributed by atoms with E-state index in [0.717, 1.165) is 42.7 Å². The zero-order valence-electron chi connectivity index (χ0n) is 11.6. The molecule has 1 aromatic heterocycles. The van der Waals surface area contributed by atoms with E-state index in [1.54, 1.807) is 6.20 Å². The molecular formula is C15H24N2O. The number of nitrogens with zero attached hydrogens (tertiary/aromatic N) is 1. The summed E-state index contributed by atoms with van der Waals surface area (Å²) in [7, 11) is 0. The van der Waals surface area contributed by atoms with Crippen LogP contribution in [0.5, 0.6) is 0 Å². The van der Waals surface area contributed by atoms with Gasteiger partial charge in [-0.3, -0.25) is 0 Å². The monoisotopic (exact) mass is 248 g/mol. The van der Waals surface area contributed by atoms with E-state index in [4.69, 9.17) is 5.73 Å². The van der Waals surface area contributed by atoms with Gasteiger partial charge in [-0.25, -0.2) is 4.98 Å². The van der Waals surface area contributed by atoms with Crippen LogP contribution >= 0.6 is 0 Å². The van der Waals surface area contributed by atoms with E-state index in [-0.39, 0.29) is 0 Å². The Morgan fingerprint density at radius 1 is 1.39 bits per heavy atom. The molecule has 1 aliphatic rings. The number of hydrogen-bond acceptors (Lipinski definition) is 3. The third-order valence-electron chi connectivity index (χ3n) is 4.36. The maximum absolute atomic E-state index is 10.8. The van der Waals surface area contributed by atoms with Gasteiger partial charge < -0.3 is 10.8 Å². The van der Waals surface area contributed by atoms with Gasteiger partial charge in [0.15, 0.2) is 0 Å². The number of hydrogen-bond donors (Lipinski definition) is 2. The van der Waals surface area contributed by atoms with Crippen LogP contribution in [-0.4, -0.2) is 10.1 Å². The molecule has 0 radical (unpaired) electrons. The normalized spacial score (nSPS) is 28.6. The number of nitrogen functional groups attached to an aromatic ring is 1. The Morgan fingerprint density at radius 3 is 2.56 bits per heavy atom. The molecule has 3 heteroatoms. The van der Waals surface area contributed by atoms with Crippen LogP contribution in [0.1, 0.15) is 50.7 Å². The lowest BCUT2D eigenvalue weighted by atomic mass is 9.72. The molecule has 0 spiro atoms. The molecule has 100 valence electrons. The Hall–Kier alpha value is -1.09. The lowest BCUT2D eigenvalue weighted by molar-refractivity contribution is -0.0195. The van der Waals surface area contributed by atoms with E-state index in [1.807, 2.05) is 13.0 Å². The van der Waals surface area contributed by atoms with Crippen LogP contribution < -0.4 is 5.73 Å². The molecule has 3 N–H and O–H groups in total. The zero-order chi connectivity index (χ0) is 13.3. The van der Waals surface area contributed by atoms with Gasteiger partial charge in [0.25, 0.3) is 0 Å². The first kappa shape index (κ1) is 13.3. The number of rotatable bonds is 2. The average Bonchev–Trinajstić information content (AvgIpc) is 2.32. The van der Waals surface area contributed by atoms with Crippen molar-refractivity contribution in [2.24, 2.45) is 11.8 Å². The Labute approximate surface area is 109 Å². The Morgan fingerprint density at radius 2 is 2.00 bits per heavy atom. The van der Waals surface area contributed by atoms with Crippen molar-refractivity contribution in [3.63, 3.8) is 0 Å². The van der Waals surface area contributed by atoms with E-state index in [2.05, 4.69) is 18.8 Å². The molecule has 0 unspecified atom stereocenters. The molecule has 0 amide bonds. The molecule has 1 aromatic rings. The summed E-state index contributed by atoms with van der Waals surface area (Å²) >= 11 is 0. The van der Waals surface area contributed by atoms with Gasteiger partial charge in [-0.15, -0.1) is 0 Å². The third-order valence-corrected chi connectivity index (χ3v) is 4.36. The van der Waals surface area contributed by atoms with Crippen molar-refractivity contribution in [1.82, 2.24) is 4.98 Å². The highest BCUT2D eigenvalue weighted by molar-refractivity contribution is 5.44. The smallest absolute Gasteiger partial charge is 0.129 e. The van der Waals surface area contributed by atoms with Crippen molar-refractivity contribution in [2.75, 3.05) is 5.73 Å². The molecule has 3 nitrogen and oxygen atoms in total. The molecule has 1 heterocycles. The number of aryl methyl sites for hydroxylation is 1. The largest absolute Gasteiger partial charge is 0.385 e. The van der Waals surface area contributed by atoms with Crippen LogP contribution in [0.2, 0.25) is 0 Å². The lowest BCUT2D eigenvalue weighted by Crippen LogP contribution is -2.33. The Kier molecular flexibility index (Phi) is 3.62. The van der Waals surface area contributed by atoms with Gasteiger partial charge in [-0.05, 0) is 56.1 Å². The van der Waals surface area contributed by atoms with Crippen LogP contribution in [-0.2, 0) is 5.60 Å². The van der Waals surface area contributed by atoms with Crippen LogP contribution in [0, 0.1) is 18.8 Å². The van der Waals surface area contributed by atoms with Crippen molar-refractivity contribution in [3.05, 3.63) is 23.4 Å². The molecule has 0 atom stereocenters. The summed E-state index contributed by atoms with van der Waals surface area (Å²) < 4.78 is 0. The summed E-state index contributed by atoms with van der Waals surface area (Å²) in [6.07, 6.45) is 5.49. The Balaban J connectivity index is 2.20. The van der Waals surface area contributed by atoms with Gasteiger partial charge in [0.1, 0.15) is 5.82 Å². The average molecular weight is 248 g/mol. The second-order valence-electron chi connectivity index (χ2n) is 6.06. The fraction of sp³-hybridized carbons (Fsp3) is 0.667. The van der Waals surface area contributed by atoms with Gasteiger partial charge in [0, 0.05) is 11.8 Å². The van der Waals surface area contributed by atoms with E-state index >= 15 is 0 Å². The maximum atomic E-state index is 10.8. The number of aromatic nitrogens is 1. The van der Waals surface area contributed by atoms with Gasteiger partial charge in [-0.1, -0.05) is 13.8 Å². The minimum absolute atomic E-state index is 0.478. The van der Waals surface area contributed by atoms with Crippen molar-refractivity contribution in [3.8, 4) is 0 Å². The molecule has 0 saturated heterocycles. The summed E-state index contributed by atoms with van der Waals surface area (Å²) in [5.74, 6) is 1.90. The van der Waals surface area contributed by atoms with Crippen LogP contribution in [0.3, 0.4) is 0 Å². The quantitative estimate of drug-likeness (QED) is 0.845. The summed E-state index contributed by atoms with van der Waals surface area (Å²) in [5, 5.41) is 10.8. The summed E-state index contributed by atoms with van der Waals surface area (Å²) in [4.78, 5) is 4.17. The topological polar surface area (TPSA) is 59.1 Å². The standard InChI is InChI=1S/C15H24N2O/c1-10(2)12-4-6-15(18,7-5-12)13-8-11(3)9-17-14(13)16/h8-10,12,18H,4-7H2,1-3H3,(H2,16,17). The van der Waals surface area contributed by atoms with Crippen molar-refractivity contribution >= 4 is 5.82 Å². The molecule has 0 bridgehead atoms. The minimum atomic E-state index is -0.769. The van der Waals surface area contributed by atoms with E-state index in [1.165, 1.54) is 0 Å². The van der Waals surface area contributed by atoms with E-state index < -0.39 is 5.60 Å². The number of pyridine rings is 1. The number of aliphatic hydroxyl groups is 1. The van der Waals surface area contributed by atoms with E-state index in [9.17, 15) is 5.11 Å². The summed E-state index contributed by atoms with van der Waals surface area (Å²) in [6.45, 7) is 6.51. The predicted octanol–water partition coefficient (Wildman–Crippen LogP) is 3.01. The highest BCUT2D eigenvalue weighted by atomic mass is 16.3. The Bertz CT molecular complexity index is 421. The van der Waals surface area contributed by atoms with Crippen molar-refractivity contribution < 1.29 is 5.11 Å². The predicted molar refractivity (Wildman–Crippen MR) is 74.1 cm³/mol. The maximum Gasteiger partial charge on any atom is 0.129 e. The second kappa shape index (κ2) is 4.88. The molecule has 1 aliphatic carbocycles. The molecular weight excluding hydrogens is 224 g/mol. The van der Waals surface area contributed by atoms with Crippen molar-refractivity contribution in [2.45, 2.75) is 52.1 Å². The molecule has 0 aromatic carbocycles. The minimum Gasteiger partial charge on any atom is -0.385 e. The van der Waals surface area contributed by atoms with Gasteiger partial charge in [0.2, 0.25) is 0 Å². The molecule has 1 fully saturated rings. The number of nitrogens with two attached hydrogens (primary N) is 1. The first-order valence-electron chi connectivity index (χ1n) is 6.87. The molecule has 18 heavy (non-hydrogen) atoms. The fourth-order valence-electron chi connectivity index (χ4n) is 3.01. The molecule has 2 rings (SSSR count). The van der Waals surface area contributed by atoms with E-state index in [0.29, 0.717) is 11.7 Å². The number of anilines is 1. The SMILES string of the molecule is Cc1cnc(N)c(C2(O)CCC(C(C)C)CC2)c1. The van der Waals surface area contributed by atoms with Crippen LogP contribution in [0.4, 0.5) is 5.82 Å². The lowest BCUT2D eigenvalue weighted by Gasteiger charge is -2.38.